The average molecular weight is 644 g/mol. The van der Waals surface area contributed by atoms with E-state index < -0.39 is 16.3 Å². The minimum atomic E-state index is -3.63. The molecule has 1 fully saturated rings. The van der Waals surface area contributed by atoms with E-state index in [1.807, 2.05) is 66.7 Å². The molecule has 2 heterocycles. The molecule has 45 heavy (non-hydrogen) atoms. The minimum absolute atomic E-state index is 0.0431. The third-order valence-corrected chi connectivity index (χ3v) is 10.2. The summed E-state index contributed by atoms with van der Waals surface area (Å²) >= 11 is 1.52. The van der Waals surface area contributed by atoms with Crippen LogP contribution in [0.3, 0.4) is 0 Å². The third-order valence-electron chi connectivity index (χ3n) is 7.70. The first-order valence-electron chi connectivity index (χ1n) is 14.5. The average Bonchev–Trinajstić information content (AvgIpc) is 3.51. The van der Waals surface area contributed by atoms with Crippen LogP contribution in [0.1, 0.15) is 46.1 Å². The zero-order chi connectivity index (χ0) is 31.2. The van der Waals surface area contributed by atoms with E-state index in [0.717, 1.165) is 27.8 Å². The van der Waals surface area contributed by atoms with Gasteiger partial charge in [-0.1, -0.05) is 109 Å². The Morgan fingerprint density at radius 2 is 1.47 bits per heavy atom. The molecule has 5 aromatic rings. The van der Waals surface area contributed by atoms with Crippen molar-refractivity contribution in [3.05, 3.63) is 137 Å². The maximum Gasteiger partial charge on any atom is 0.240 e. The van der Waals surface area contributed by atoms with Gasteiger partial charge in [0.15, 0.2) is 6.29 Å². The second kappa shape index (κ2) is 14.0. The van der Waals surface area contributed by atoms with E-state index in [1.54, 1.807) is 42.1 Å². The van der Waals surface area contributed by atoms with Gasteiger partial charge in [0, 0.05) is 30.8 Å². The van der Waals surface area contributed by atoms with Crippen LogP contribution in [0.4, 0.5) is 0 Å². The van der Waals surface area contributed by atoms with Gasteiger partial charge in [0.1, 0.15) is 0 Å². The van der Waals surface area contributed by atoms with Gasteiger partial charge in [0.2, 0.25) is 15.2 Å². The van der Waals surface area contributed by atoms with Crippen LogP contribution in [0.5, 0.6) is 0 Å². The lowest BCUT2D eigenvalue weighted by atomic mass is 9.84. The first kappa shape index (κ1) is 31.1. The number of nitrogens with zero attached hydrogens (tertiary/aromatic N) is 4. The van der Waals surface area contributed by atoms with Crippen LogP contribution < -0.4 is 4.72 Å². The predicted molar refractivity (Wildman–Crippen MR) is 169 cm³/mol. The van der Waals surface area contributed by atoms with Gasteiger partial charge >= 0.3 is 0 Å². The summed E-state index contributed by atoms with van der Waals surface area (Å²) in [7, 11) is -1.83. The molecule has 0 bridgehead atoms. The van der Waals surface area contributed by atoms with Gasteiger partial charge < -0.3 is 14.6 Å². The molecule has 10 nitrogen and oxygen atoms in total. The maximum atomic E-state index is 12.7. The van der Waals surface area contributed by atoms with Gasteiger partial charge in [0.25, 0.3) is 0 Å². The Morgan fingerprint density at radius 1 is 0.822 bits per heavy atom. The van der Waals surface area contributed by atoms with Gasteiger partial charge in [0.05, 0.1) is 23.7 Å². The Morgan fingerprint density at radius 3 is 2.11 bits per heavy atom. The lowest BCUT2D eigenvalue weighted by Gasteiger charge is -2.43. The molecule has 1 aliphatic heterocycles. The van der Waals surface area contributed by atoms with Crippen molar-refractivity contribution < 1.29 is 23.0 Å². The SMILES string of the molecule is Cn1nnnc1SC[C@H]1OC(c2ccc(CNS(=O)(=O)c3ccccc3)cc2)O[C@@H](c2ccc(CO)cc2)[C@@H]1c1ccccc1. The normalized spacial score (nSPS) is 20.2. The lowest BCUT2D eigenvalue weighted by molar-refractivity contribution is -0.255. The molecule has 6 rings (SSSR count). The highest BCUT2D eigenvalue weighted by atomic mass is 32.2. The second-order valence-corrected chi connectivity index (χ2v) is 13.4. The summed E-state index contributed by atoms with van der Waals surface area (Å²) in [5.41, 5.74) is 4.48. The van der Waals surface area contributed by atoms with Gasteiger partial charge in [-0.15, -0.1) is 5.10 Å². The van der Waals surface area contributed by atoms with Crippen molar-refractivity contribution in [3.8, 4) is 0 Å². The molecule has 0 amide bonds. The van der Waals surface area contributed by atoms with E-state index >= 15 is 0 Å². The number of nitrogens with one attached hydrogen (secondary N) is 1. The fourth-order valence-corrected chi connectivity index (χ4v) is 7.26. The van der Waals surface area contributed by atoms with E-state index in [0.29, 0.717) is 10.9 Å². The lowest BCUT2D eigenvalue weighted by Crippen LogP contribution is -2.38. The monoisotopic (exact) mass is 643 g/mol. The van der Waals surface area contributed by atoms with Crippen LogP contribution in [0, 0.1) is 0 Å². The van der Waals surface area contributed by atoms with E-state index in [4.69, 9.17) is 9.47 Å². The number of hydrogen-bond acceptors (Lipinski definition) is 9. The van der Waals surface area contributed by atoms with Gasteiger partial charge in [-0.2, -0.15) is 0 Å². The highest BCUT2D eigenvalue weighted by Crippen LogP contribution is 2.47. The number of aliphatic hydroxyl groups is 1. The number of tetrazole rings is 1. The number of aryl methyl sites for hydroxylation is 1. The van der Waals surface area contributed by atoms with E-state index in [-0.39, 0.29) is 36.2 Å². The number of thioether (sulfide) groups is 1. The summed E-state index contributed by atoms with van der Waals surface area (Å²) in [5, 5.41) is 22.2. The van der Waals surface area contributed by atoms with Gasteiger partial charge in [-0.05, 0) is 44.8 Å². The molecule has 1 saturated heterocycles. The fraction of sp³-hybridized carbons (Fsp3) is 0.242. The summed E-state index contributed by atoms with van der Waals surface area (Å²) in [4.78, 5) is 0.220. The standard InChI is InChI=1S/C33H33N5O5S2/c1-38-33(35-36-37-38)44-22-29-30(25-8-4-2-5-9-25)31(26-16-14-24(21-39)15-17-26)43-32(42-29)27-18-12-23(13-19-27)20-34-45(40,41)28-10-6-3-7-11-28/h2-19,29-32,34,39H,20-22H2,1H3/t29-,30-,31+,32?/m1/s1. The molecule has 4 aromatic carbocycles. The van der Waals surface area contributed by atoms with E-state index in [1.165, 1.54) is 11.8 Å². The molecular formula is C33H33N5O5S2. The highest BCUT2D eigenvalue weighted by molar-refractivity contribution is 7.99. The first-order valence-corrected chi connectivity index (χ1v) is 16.9. The van der Waals surface area contributed by atoms with Crippen LogP contribution in [-0.2, 0) is 39.7 Å². The van der Waals surface area contributed by atoms with Crippen molar-refractivity contribution in [2.45, 2.75) is 47.6 Å². The third kappa shape index (κ3) is 7.33. The fourth-order valence-electron chi connectivity index (χ4n) is 5.31. The minimum Gasteiger partial charge on any atom is -0.392 e. The Labute approximate surface area is 266 Å². The highest BCUT2D eigenvalue weighted by Gasteiger charge is 2.42. The first-order chi connectivity index (χ1) is 21.9. The molecular weight excluding hydrogens is 611 g/mol. The van der Waals surface area contributed by atoms with Crippen LogP contribution in [0.2, 0.25) is 0 Å². The van der Waals surface area contributed by atoms with E-state index in [2.05, 4.69) is 32.4 Å². The maximum absolute atomic E-state index is 12.7. The van der Waals surface area contributed by atoms with Crippen molar-refractivity contribution in [2.24, 2.45) is 7.05 Å². The smallest absolute Gasteiger partial charge is 0.240 e. The summed E-state index contributed by atoms with van der Waals surface area (Å²) in [5.74, 6) is 0.417. The summed E-state index contributed by atoms with van der Waals surface area (Å²) in [6, 6.07) is 33.8. The number of ether oxygens (including phenoxy) is 2. The summed E-state index contributed by atoms with van der Waals surface area (Å²) < 4.78 is 43.2. The Hall–Kier alpha value is -3.91. The molecule has 2 N–H and O–H groups in total. The zero-order valence-corrected chi connectivity index (χ0v) is 26.1. The van der Waals surface area contributed by atoms with Crippen molar-refractivity contribution in [1.82, 2.24) is 24.9 Å². The molecule has 4 atom stereocenters. The zero-order valence-electron chi connectivity index (χ0n) is 24.5. The molecule has 0 radical (unpaired) electrons. The quantitative estimate of drug-likeness (QED) is 0.193. The molecule has 232 valence electrons. The summed E-state index contributed by atoms with van der Waals surface area (Å²) in [6.45, 7) is 0.101. The number of benzene rings is 4. The number of aliphatic hydroxyl groups excluding tert-OH is 1. The van der Waals surface area contributed by atoms with E-state index in [9.17, 15) is 13.5 Å². The van der Waals surface area contributed by atoms with Crippen molar-refractivity contribution in [1.29, 1.82) is 0 Å². The van der Waals surface area contributed by atoms with Crippen molar-refractivity contribution in [2.75, 3.05) is 5.75 Å². The Kier molecular flexibility index (Phi) is 9.69. The van der Waals surface area contributed by atoms with Crippen LogP contribution in [0.25, 0.3) is 0 Å². The molecule has 0 aliphatic carbocycles. The molecule has 1 aromatic heterocycles. The second-order valence-electron chi connectivity index (χ2n) is 10.7. The number of aromatic nitrogens is 4. The van der Waals surface area contributed by atoms with Crippen LogP contribution in [-0.4, -0.2) is 45.6 Å². The molecule has 12 heteroatoms. The summed E-state index contributed by atoms with van der Waals surface area (Å²) in [6.07, 6.45) is -1.34. The number of hydrogen-bond donors (Lipinski definition) is 2. The molecule has 0 saturated carbocycles. The van der Waals surface area contributed by atoms with Crippen LogP contribution >= 0.6 is 11.8 Å². The topological polar surface area (TPSA) is 128 Å². The van der Waals surface area contributed by atoms with Gasteiger partial charge in [-0.3, -0.25) is 0 Å². The van der Waals surface area contributed by atoms with Crippen molar-refractivity contribution >= 4 is 21.8 Å². The van der Waals surface area contributed by atoms with Gasteiger partial charge in [-0.25, -0.2) is 17.8 Å². The molecule has 1 unspecified atom stereocenters. The Balaban J connectivity index is 1.28. The molecule has 0 spiro atoms. The predicted octanol–water partition coefficient (Wildman–Crippen LogP) is 4.91. The number of sulfonamides is 1. The van der Waals surface area contributed by atoms with Crippen molar-refractivity contribution in [3.63, 3.8) is 0 Å². The van der Waals surface area contributed by atoms with Crippen LogP contribution in [0.15, 0.2) is 119 Å². The number of rotatable bonds is 11. The Bertz CT molecular complexity index is 1790. The molecule has 1 aliphatic rings. The largest absolute Gasteiger partial charge is 0.392 e.